The highest BCUT2D eigenvalue weighted by molar-refractivity contribution is 5.96. The van der Waals surface area contributed by atoms with Gasteiger partial charge in [-0.2, -0.15) is 0 Å². The summed E-state index contributed by atoms with van der Waals surface area (Å²) in [7, 11) is 0. The zero-order chi connectivity index (χ0) is 53.5. The summed E-state index contributed by atoms with van der Waals surface area (Å²) in [6.45, 7) is 25.1. The first-order valence-electron chi connectivity index (χ1n) is 28.8. The molecular formula is C66H104O6. The quantitative estimate of drug-likeness (QED) is 0.0269. The first-order valence-corrected chi connectivity index (χ1v) is 28.8. The van der Waals surface area contributed by atoms with Crippen LogP contribution >= 0.6 is 0 Å². The van der Waals surface area contributed by atoms with Gasteiger partial charge >= 0.3 is 11.9 Å². The van der Waals surface area contributed by atoms with Crippen molar-refractivity contribution >= 4 is 23.5 Å². The van der Waals surface area contributed by atoms with Crippen molar-refractivity contribution in [2.45, 2.75) is 262 Å². The summed E-state index contributed by atoms with van der Waals surface area (Å²) in [5.41, 5.74) is 2.37. The number of hydrogen-bond donors (Lipinski definition) is 0. The lowest BCUT2D eigenvalue weighted by Gasteiger charge is -2.35. The molecule has 0 saturated heterocycles. The highest BCUT2D eigenvalue weighted by Crippen LogP contribution is 2.55. The van der Waals surface area contributed by atoms with Gasteiger partial charge in [-0.3, -0.25) is 19.2 Å². The van der Waals surface area contributed by atoms with Gasteiger partial charge in [0.05, 0.1) is 0 Å². The molecule has 404 valence electrons. The average Bonchev–Trinajstić information content (AvgIpc) is 3.70. The minimum absolute atomic E-state index is 0.0780. The molecule has 2 rings (SSSR count). The monoisotopic (exact) mass is 993 g/mol. The van der Waals surface area contributed by atoms with E-state index in [0.29, 0.717) is 38.5 Å². The molecule has 0 amide bonds. The molecule has 6 nitrogen and oxygen atoms in total. The van der Waals surface area contributed by atoms with Gasteiger partial charge in [0, 0.05) is 23.7 Å². The fourth-order valence-electron chi connectivity index (χ4n) is 10.4. The van der Waals surface area contributed by atoms with Crippen LogP contribution in [0.4, 0.5) is 0 Å². The van der Waals surface area contributed by atoms with Crippen LogP contribution < -0.4 is 0 Å². The molecule has 72 heavy (non-hydrogen) atoms. The van der Waals surface area contributed by atoms with Crippen molar-refractivity contribution in [3.63, 3.8) is 0 Å². The van der Waals surface area contributed by atoms with Crippen molar-refractivity contribution < 1.29 is 28.7 Å². The van der Waals surface area contributed by atoms with E-state index in [-0.39, 0.29) is 46.5 Å². The highest BCUT2D eigenvalue weighted by Gasteiger charge is 2.55. The molecule has 0 radical (unpaired) electrons. The number of esters is 2. The van der Waals surface area contributed by atoms with E-state index in [0.717, 1.165) is 48.0 Å². The number of carbonyl (C=O) groups excluding carboxylic acids is 4. The van der Waals surface area contributed by atoms with Gasteiger partial charge in [-0.05, 0) is 89.2 Å². The Balaban J connectivity index is 1.78. The van der Waals surface area contributed by atoms with Crippen LogP contribution in [0.1, 0.15) is 250 Å². The van der Waals surface area contributed by atoms with Gasteiger partial charge in [-0.15, -0.1) is 0 Å². The Morgan fingerprint density at radius 3 is 0.972 bits per heavy atom. The molecule has 0 aliphatic heterocycles. The number of unbranched alkanes of at least 4 members (excludes halogenated alkanes) is 18. The zero-order valence-corrected chi connectivity index (χ0v) is 48.1. The summed E-state index contributed by atoms with van der Waals surface area (Å²) in [5.74, 6) is -0.0997. The van der Waals surface area contributed by atoms with Crippen LogP contribution in [0.3, 0.4) is 0 Å². The number of ketones is 2. The number of carbonyl (C=O) groups is 4. The minimum atomic E-state index is -0.603. The molecule has 0 aromatic carbocycles. The second kappa shape index (κ2) is 34.4. The smallest absolute Gasteiger partial charge is 0.306 e. The number of ether oxygens (including phenoxy) is 2. The average molecular weight is 994 g/mol. The topological polar surface area (TPSA) is 86.7 Å². The Morgan fingerprint density at radius 1 is 0.375 bits per heavy atom. The first-order chi connectivity index (χ1) is 34.2. The Kier molecular flexibility index (Phi) is 30.6. The Bertz CT molecular complexity index is 1940. The van der Waals surface area contributed by atoms with E-state index in [4.69, 9.17) is 9.47 Å². The largest absolute Gasteiger partial charge is 0.462 e. The van der Waals surface area contributed by atoms with Crippen molar-refractivity contribution in [3.05, 3.63) is 107 Å². The van der Waals surface area contributed by atoms with Gasteiger partial charge in [0.2, 0.25) is 0 Å². The van der Waals surface area contributed by atoms with Crippen LogP contribution in [0.5, 0.6) is 0 Å². The summed E-state index contributed by atoms with van der Waals surface area (Å²) < 4.78 is 11.9. The zero-order valence-electron chi connectivity index (χ0n) is 48.1. The van der Waals surface area contributed by atoms with Crippen molar-refractivity contribution in [1.29, 1.82) is 0 Å². The van der Waals surface area contributed by atoms with Gasteiger partial charge in [-0.25, -0.2) is 0 Å². The predicted octanol–water partition coefficient (Wildman–Crippen LogP) is 18.8. The summed E-state index contributed by atoms with van der Waals surface area (Å²) >= 11 is 0. The maximum absolute atomic E-state index is 13.6. The molecule has 6 heteroatoms. The standard InChI is InChI=1S/C66H104O6/c1-13-15-17-19-21-23-24-26-28-30-32-44-62(70)72-58-50-64(9,10)66(12,52-58)60(68)48-46-56(6)42-36-40-54(4)38-34-33-37-53(3)39-35-41-55(5)45-47-59(67)65(11)51-57(49-63(65,7)8)71-61(69)43-31-29-27-25-22-20-18-16-14-2/h33-42,45-48,57-58H,13-32,43-44,49-52H2,1-12H3/b34-33+,39-35+,40-36+,47-45+,48-46+,53-37+,54-38+,55-41+,56-42+/t57-,58-,65-,66-/m0/s1. The Labute approximate surface area is 441 Å². The van der Waals surface area contributed by atoms with Crippen LogP contribution in [0.25, 0.3) is 0 Å². The molecule has 0 unspecified atom stereocenters. The lowest BCUT2D eigenvalue weighted by Crippen LogP contribution is -2.36. The lowest BCUT2D eigenvalue weighted by atomic mass is 9.66. The second-order valence-corrected chi connectivity index (χ2v) is 23.5. The summed E-state index contributed by atoms with van der Waals surface area (Å²) in [6, 6.07) is 0. The highest BCUT2D eigenvalue weighted by atomic mass is 16.5. The Hall–Kier alpha value is -4.06. The maximum atomic E-state index is 13.6. The minimum Gasteiger partial charge on any atom is -0.462 e. The van der Waals surface area contributed by atoms with Crippen molar-refractivity contribution in [2.24, 2.45) is 21.7 Å². The van der Waals surface area contributed by atoms with Crippen LogP contribution in [-0.4, -0.2) is 35.7 Å². The van der Waals surface area contributed by atoms with E-state index >= 15 is 0 Å². The van der Waals surface area contributed by atoms with Crippen molar-refractivity contribution in [1.82, 2.24) is 0 Å². The summed E-state index contributed by atoms with van der Waals surface area (Å²) in [4.78, 5) is 52.7. The SMILES string of the molecule is CCCCCCCCCCCCCC(=O)O[C@H]1CC(C)(C)[C@](C)(C(=O)/C=C/C(C)=C/C=C/C(C)=C/C=C/C=C(C)/C=C/C=C(C)/C=C/C(=O)[C@]2(C)C[C@@H](OC(=O)CCCCCCCCCCC)CC2(C)C)C1. The van der Waals surface area contributed by atoms with Crippen molar-refractivity contribution in [2.75, 3.05) is 0 Å². The molecule has 0 spiro atoms. The van der Waals surface area contributed by atoms with Gasteiger partial charge in [0.15, 0.2) is 11.6 Å². The fraction of sp³-hybridized carbons (Fsp3) is 0.667. The van der Waals surface area contributed by atoms with Gasteiger partial charge in [0.25, 0.3) is 0 Å². The maximum Gasteiger partial charge on any atom is 0.306 e. The molecule has 2 saturated carbocycles. The molecule has 2 fully saturated rings. The second-order valence-electron chi connectivity index (χ2n) is 23.5. The predicted molar refractivity (Wildman–Crippen MR) is 306 cm³/mol. The number of hydrogen-bond acceptors (Lipinski definition) is 6. The van der Waals surface area contributed by atoms with Crippen molar-refractivity contribution in [3.8, 4) is 0 Å². The number of allylic oxidation sites excluding steroid dienone is 18. The first kappa shape index (κ1) is 64.1. The molecule has 4 atom stereocenters. The molecule has 0 aromatic heterocycles. The third kappa shape index (κ3) is 24.3. The van der Waals surface area contributed by atoms with Crippen LogP contribution in [-0.2, 0) is 28.7 Å². The van der Waals surface area contributed by atoms with Crippen LogP contribution in [0, 0.1) is 21.7 Å². The molecule has 2 aliphatic carbocycles. The van der Waals surface area contributed by atoms with E-state index in [1.807, 2.05) is 88.5 Å². The van der Waals surface area contributed by atoms with E-state index in [1.165, 1.54) is 103 Å². The molecule has 0 heterocycles. The molecule has 0 N–H and O–H groups in total. The number of rotatable bonds is 36. The van der Waals surface area contributed by atoms with E-state index < -0.39 is 10.8 Å². The summed E-state index contributed by atoms with van der Waals surface area (Å²) in [5, 5.41) is 0. The fourth-order valence-corrected chi connectivity index (χ4v) is 10.4. The summed E-state index contributed by atoms with van der Waals surface area (Å²) in [6.07, 6.45) is 55.0. The molecule has 0 bridgehead atoms. The van der Waals surface area contributed by atoms with E-state index in [1.54, 1.807) is 12.2 Å². The van der Waals surface area contributed by atoms with E-state index in [9.17, 15) is 19.2 Å². The van der Waals surface area contributed by atoms with Gasteiger partial charge in [-0.1, -0.05) is 266 Å². The molecule has 0 aromatic rings. The van der Waals surface area contributed by atoms with Gasteiger partial charge < -0.3 is 9.47 Å². The van der Waals surface area contributed by atoms with Crippen LogP contribution in [0.2, 0.25) is 0 Å². The van der Waals surface area contributed by atoms with Gasteiger partial charge in [0.1, 0.15) is 12.2 Å². The lowest BCUT2D eigenvalue weighted by molar-refractivity contribution is -0.150. The molecular weight excluding hydrogens is 889 g/mol. The normalized spacial score (nSPS) is 22.9. The third-order valence-electron chi connectivity index (χ3n) is 16.1. The Morgan fingerprint density at radius 2 is 0.653 bits per heavy atom. The van der Waals surface area contributed by atoms with Crippen LogP contribution in [0.15, 0.2) is 107 Å². The molecule has 2 aliphatic rings. The van der Waals surface area contributed by atoms with E-state index in [2.05, 4.69) is 67.5 Å². The third-order valence-corrected chi connectivity index (χ3v) is 16.1.